The molecule has 4 aliphatic rings. The van der Waals surface area contributed by atoms with Gasteiger partial charge in [-0.2, -0.15) is 0 Å². The minimum absolute atomic E-state index is 0.164. The summed E-state index contributed by atoms with van der Waals surface area (Å²) in [5.74, 6) is -1.29. The summed E-state index contributed by atoms with van der Waals surface area (Å²) < 4.78 is 6.25. The predicted octanol–water partition coefficient (Wildman–Crippen LogP) is 2.04. The van der Waals surface area contributed by atoms with Crippen molar-refractivity contribution in [3.8, 4) is 0 Å². The number of carbonyl (C=O) groups is 2. The summed E-state index contributed by atoms with van der Waals surface area (Å²) in [6.45, 7) is 0. The molecule has 2 N–H and O–H groups in total. The lowest BCUT2D eigenvalue weighted by molar-refractivity contribution is -0.189. The molecule has 0 aromatic rings. The number of rotatable bonds is 4. The molecule has 0 radical (unpaired) electrons. The fourth-order valence-electron chi connectivity index (χ4n) is 5.06. The molecule has 0 unspecified atom stereocenters. The van der Waals surface area contributed by atoms with Gasteiger partial charge < -0.3 is 14.9 Å². The van der Waals surface area contributed by atoms with E-state index >= 15 is 0 Å². The maximum absolute atomic E-state index is 12.1. The lowest BCUT2D eigenvalue weighted by Crippen LogP contribution is -2.53. The van der Waals surface area contributed by atoms with Crippen LogP contribution in [0.25, 0.3) is 0 Å². The molecular formula is C15H20O5. The van der Waals surface area contributed by atoms with Crippen molar-refractivity contribution in [3.63, 3.8) is 0 Å². The number of carboxylic acids is 2. The fraction of sp³-hybridized carbons (Fsp3) is 0.867. The SMILES string of the molecule is O=C(O)[C@]12CCC[C@](C(=O)O)(C1)C(C1CC1)(C1CC1)O2. The molecule has 1 heterocycles. The quantitative estimate of drug-likeness (QED) is 0.823. The summed E-state index contributed by atoms with van der Waals surface area (Å²) in [5, 5.41) is 19.6. The third-order valence-electron chi connectivity index (χ3n) is 6.05. The maximum atomic E-state index is 12.1. The number of carboxylic acid groups (broad SMARTS) is 2. The number of aliphatic carboxylic acids is 2. The molecule has 0 aromatic heterocycles. The molecule has 1 saturated heterocycles. The average Bonchev–Trinajstić information content (AvgIpc) is 3.27. The number of ether oxygens (including phenoxy) is 1. The van der Waals surface area contributed by atoms with E-state index in [1.165, 1.54) is 0 Å². The maximum Gasteiger partial charge on any atom is 0.336 e. The number of fused-ring (bicyclic) bond motifs is 2. The Hall–Kier alpha value is -1.10. The molecule has 2 atom stereocenters. The summed E-state index contributed by atoms with van der Waals surface area (Å²) in [6, 6.07) is 0. The van der Waals surface area contributed by atoms with E-state index in [-0.39, 0.29) is 18.3 Å². The highest BCUT2D eigenvalue weighted by Gasteiger charge is 2.78. The Kier molecular flexibility index (Phi) is 2.25. The van der Waals surface area contributed by atoms with Crippen molar-refractivity contribution in [1.82, 2.24) is 0 Å². The molecule has 0 aromatic carbocycles. The number of hydrogen-bond donors (Lipinski definition) is 2. The molecule has 3 aliphatic carbocycles. The molecule has 4 rings (SSSR count). The first-order chi connectivity index (χ1) is 9.47. The zero-order valence-electron chi connectivity index (χ0n) is 11.4. The molecule has 5 nitrogen and oxygen atoms in total. The van der Waals surface area contributed by atoms with Crippen molar-refractivity contribution < 1.29 is 24.5 Å². The van der Waals surface area contributed by atoms with Crippen molar-refractivity contribution in [3.05, 3.63) is 0 Å². The van der Waals surface area contributed by atoms with Crippen molar-refractivity contribution in [2.24, 2.45) is 17.3 Å². The van der Waals surface area contributed by atoms with Gasteiger partial charge in [0.25, 0.3) is 0 Å². The van der Waals surface area contributed by atoms with Gasteiger partial charge in [-0.15, -0.1) is 0 Å². The first-order valence-electron chi connectivity index (χ1n) is 7.64. The van der Waals surface area contributed by atoms with Gasteiger partial charge in [0.2, 0.25) is 0 Å². The van der Waals surface area contributed by atoms with Gasteiger partial charge in [-0.05, 0) is 56.8 Å². The van der Waals surface area contributed by atoms with E-state index in [1.54, 1.807) is 0 Å². The van der Waals surface area contributed by atoms with Crippen LogP contribution in [0.5, 0.6) is 0 Å². The molecule has 3 saturated carbocycles. The molecular weight excluding hydrogens is 260 g/mol. The van der Waals surface area contributed by atoms with Crippen LogP contribution in [0, 0.1) is 17.3 Å². The van der Waals surface area contributed by atoms with Crippen LogP contribution in [-0.4, -0.2) is 33.4 Å². The summed E-state index contributed by atoms with van der Waals surface area (Å²) in [4.78, 5) is 23.9. The van der Waals surface area contributed by atoms with E-state index in [4.69, 9.17) is 4.74 Å². The third kappa shape index (κ3) is 1.27. The van der Waals surface area contributed by atoms with E-state index < -0.39 is 28.6 Å². The Balaban J connectivity index is 1.88. The van der Waals surface area contributed by atoms with Crippen LogP contribution in [0.1, 0.15) is 51.4 Å². The lowest BCUT2D eigenvalue weighted by Gasteiger charge is -2.42. The van der Waals surface area contributed by atoms with Gasteiger partial charge in [0, 0.05) is 6.42 Å². The van der Waals surface area contributed by atoms with E-state index in [1.807, 2.05) is 0 Å². The van der Waals surface area contributed by atoms with Crippen LogP contribution in [0.15, 0.2) is 0 Å². The molecule has 4 fully saturated rings. The molecule has 0 amide bonds. The highest BCUT2D eigenvalue weighted by atomic mass is 16.6. The largest absolute Gasteiger partial charge is 0.481 e. The molecule has 20 heavy (non-hydrogen) atoms. The summed E-state index contributed by atoms with van der Waals surface area (Å²) >= 11 is 0. The Bertz CT molecular complexity index is 480. The first kappa shape index (κ1) is 12.6. The molecule has 2 bridgehead atoms. The number of hydrogen-bond acceptors (Lipinski definition) is 3. The minimum atomic E-state index is -1.25. The van der Waals surface area contributed by atoms with Crippen molar-refractivity contribution >= 4 is 11.9 Å². The fourth-order valence-corrected chi connectivity index (χ4v) is 5.06. The van der Waals surface area contributed by atoms with Crippen molar-refractivity contribution in [2.75, 3.05) is 0 Å². The van der Waals surface area contributed by atoms with Gasteiger partial charge >= 0.3 is 11.9 Å². The monoisotopic (exact) mass is 280 g/mol. The standard InChI is InChI=1S/C15H20O5/c16-11(17)13-6-1-7-14(8-13,12(18)19)20-15(13,9-2-3-9)10-4-5-10/h9-10H,1-8H2,(H,16,17)(H,18,19)/t13-,14+/m1/s1. The van der Waals surface area contributed by atoms with Gasteiger partial charge in [0.05, 0.1) is 5.60 Å². The smallest absolute Gasteiger partial charge is 0.336 e. The van der Waals surface area contributed by atoms with Gasteiger partial charge in [-0.1, -0.05) is 0 Å². The van der Waals surface area contributed by atoms with Crippen LogP contribution in [0.2, 0.25) is 0 Å². The van der Waals surface area contributed by atoms with Crippen LogP contribution in [-0.2, 0) is 14.3 Å². The van der Waals surface area contributed by atoms with E-state index in [2.05, 4.69) is 0 Å². The second-order valence-electron chi connectivity index (χ2n) is 7.16. The Morgan fingerprint density at radius 3 is 2.00 bits per heavy atom. The highest BCUT2D eigenvalue weighted by Crippen LogP contribution is 2.71. The van der Waals surface area contributed by atoms with Crippen LogP contribution >= 0.6 is 0 Å². The molecule has 110 valence electrons. The first-order valence-corrected chi connectivity index (χ1v) is 7.64. The van der Waals surface area contributed by atoms with E-state index in [0.29, 0.717) is 19.3 Å². The van der Waals surface area contributed by atoms with Gasteiger partial charge in [-0.3, -0.25) is 4.79 Å². The summed E-state index contributed by atoms with van der Waals surface area (Å²) in [7, 11) is 0. The Morgan fingerprint density at radius 1 is 0.950 bits per heavy atom. The van der Waals surface area contributed by atoms with Crippen LogP contribution in [0.3, 0.4) is 0 Å². The average molecular weight is 280 g/mol. The Morgan fingerprint density at radius 2 is 1.55 bits per heavy atom. The van der Waals surface area contributed by atoms with E-state index in [0.717, 1.165) is 25.7 Å². The summed E-state index contributed by atoms with van der Waals surface area (Å²) in [5.41, 5.74) is -2.92. The van der Waals surface area contributed by atoms with Crippen LogP contribution in [0.4, 0.5) is 0 Å². The lowest BCUT2D eigenvalue weighted by atomic mass is 9.59. The topological polar surface area (TPSA) is 83.8 Å². The van der Waals surface area contributed by atoms with Gasteiger partial charge in [-0.25, -0.2) is 4.79 Å². The molecule has 1 aliphatic heterocycles. The second kappa shape index (κ2) is 3.56. The highest BCUT2D eigenvalue weighted by molar-refractivity contribution is 5.84. The normalized spacial score (nSPS) is 42.4. The molecule has 0 spiro atoms. The van der Waals surface area contributed by atoms with Gasteiger partial charge in [0.1, 0.15) is 5.41 Å². The Labute approximate surface area is 117 Å². The third-order valence-corrected chi connectivity index (χ3v) is 6.05. The summed E-state index contributed by atoms with van der Waals surface area (Å²) in [6.07, 6.45) is 5.78. The molecule has 5 heteroatoms. The minimum Gasteiger partial charge on any atom is -0.481 e. The van der Waals surface area contributed by atoms with Gasteiger partial charge in [0.15, 0.2) is 5.60 Å². The van der Waals surface area contributed by atoms with Crippen molar-refractivity contribution in [1.29, 1.82) is 0 Å². The van der Waals surface area contributed by atoms with E-state index in [9.17, 15) is 19.8 Å². The predicted molar refractivity (Wildman–Crippen MR) is 68.2 cm³/mol. The zero-order chi connectivity index (χ0) is 14.2. The van der Waals surface area contributed by atoms with Crippen LogP contribution < -0.4 is 0 Å². The second-order valence-corrected chi connectivity index (χ2v) is 7.16. The van der Waals surface area contributed by atoms with Crippen molar-refractivity contribution in [2.45, 2.75) is 62.6 Å². The zero-order valence-corrected chi connectivity index (χ0v) is 11.4.